The van der Waals surface area contributed by atoms with Gasteiger partial charge in [0.05, 0.1) is 11.6 Å². The standard InChI is InChI=1S/C16H18N6/c1-11-8-12-4-2-3-5-14(12)22(11)7-6-17-15-13-9-20-21-16(13)19-10-18-15/h2-5,9-11H,6-8H2,1H3,(H2,17,18,19,20,21). The van der Waals surface area contributed by atoms with Gasteiger partial charge in [-0.25, -0.2) is 9.97 Å². The topological polar surface area (TPSA) is 69.7 Å². The third-order valence-electron chi connectivity index (χ3n) is 4.24. The summed E-state index contributed by atoms with van der Waals surface area (Å²) in [6.07, 6.45) is 4.43. The minimum atomic E-state index is 0.540. The molecule has 2 N–H and O–H groups in total. The van der Waals surface area contributed by atoms with Crippen LogP contribution in [0.1, 0.15) is 12.5 Å². The molecule has 0 radical (unpaired) electrons. The van der Waals surface area contributed by atoms with Crippen LogP contribution in [0.3, 0.4) is 0 Å². The van der Waals surface area contributed by atoms with Crippen molar-refractivity contribution in [2.75, 3.05) is 23.3 Å². The van der Waals surface area contributed by atoms with Gasteiger partial charge in [0, 0.05) is 24.8 Å². The van der Waals surface area contributed by atoms with Crippen molar-refractivity contribution in [3.05, 3.63) is 42.4 Å². The van der Waals surface area contributed by atoms with Crippen molar-refractivity contribution in [2.24, 2.45) is 0 Å². The molecule has 0 aliphatic carbocycles. The van der Waals surface area contributed by atoms with Crippen molar-refractivity contribution < 1.29 is 0 Å². The average Bonchev–Trinajstić information content (AvgIpc) is 3.12. The van der Waals surface area contributed by atoms with Crippen LogP contribution in [0.25, 0.3) is 11.0 Å². The number of para-hydroxylation sites is 1. The first-order valence-corrected chi connectivity index (χ1v) is 7.55. The number of aromatic nitrogens is 4. The highest BCUT2D eigenvalue weighted by Gasteiger charge is 2.24. The predicted octanol–water partition coefficient (Wildman–Crippen LogP) is 2.22. The fraction of sp³-hybridized carbons (Fsp3) is 0.312. The molecule has 6 nitrogen and oxygen atoms in total. The summed E-state index contributed by atoms with van der Waals surface area (Å²) in [5, 5.41) is 11.2. The molecule has 4 rings (SSSR count). The molecule has 112 valence electrons. The third kappa shape index (κ3) is 2.16. The number of H-pyrrole nitrogens is 1. The number of anilines is 2. The van der Waals surface area contributed by atoms with Crippen LogP contribution in [0.5, 0.6) is 0 Å². The van der Waals surface area contributed by atoms with E-state index in [1.54, 1.807) is 12.5 Å². The highest BCUT2D eigenvalue weighted by Crippen LogP contribution is 2.31. The van der Waals surface area contributed by atoms with Gasteiger partial charge in [0.1, 0.15) is 12.1 Å². The van der Waals surface area contributed by atoms with Gasteiger partial charge in [-0.3, -0.25) is 5.10 Å². The lowest BCUT2D eigenvalue weighted by atomic mass is 10.1. The predicted molar refractivity (Wildman–Crippen MR) is 87.1 cm³/mol. The minimum absolute atomic E-state index is 0.540. The molecular weight excluding hydrogens is 276 g/mol. The Kier molecular flexibility index (Phi) is 3.14. The normalized spacial score (nSPS) is 17.0. The lowest BCUT2D eigenvalue weighted by Crippen LogP contribution is -2.33. The van der Waals surface area contributed by atoms with Crippen LogP contribution in [0.2, 0.25) is 0 Å². The van der Waals surface area contributed by atoms with E-state index >= 15 is 0 Å². The number of rotatable bonds is 4. The minimum Gasteiger partial charge on any atom is -0.368 e. The summed E-state index contributed by atoms with van der Waals surface area (Å²) in [5.41, 5.74) is 3.56. The van der Waals surface area contributed by atoms with E-state index in [1.807, 2.05) is 0 Å². The van der Waals surface area contributed by atoms with Gasteiger partial charge in [-0.1, -0.05) is 18.2 Å². The zero-order chi connectivity index (χ0) is 14.9. The van der Waals surface area contributed by atoms with E-state index in [0.717, 1.165) is 36.4 Å². The number of hydrogen-bond acceptors (Lipinski definition) is 5. The van der Waals surface area contributed by atoms with Gasteiger partial charge in [0.2, 0.25) is 0 Å². The maximum absolute atomic E-state index is 4.31. The summed E-state index contributed by atoms with van der Waals surface area (Å²) in [7, 11) is 0. The fourth-order valence-corrected chi connectivity index (χ4v) is 3.17. The number of fused-ring (bicyclic) bond motifs is 2. The summed E-state index contributed by atoms with van der Waals surface area (Å²) >= 11 is 0. The van der Waals surface area contributed by atoms with Crippen molar-refractivity contribution in [2.45, 2.75) is 19.4 Å². The van der Waals surface area contributed by atoms with E-state index in [-0.39, 0.29) is 0 Å². The zero-order valence-corrected chi connectivity index (χ0v) is 12.5. The second-order valence-electron chi connectivity index (χ2n) is 5.66. The first-order valence-electron chi connectivity index (χ1n) is 7.55. The summed E-state index contributed by atoms with van der Waals surface area (Å²) < 4.78 is 0. The Balaban J connectivity index is 1.46. The lowest BCUT2D eigenvalue weighted by molar-refractivity contribution is 0.680. The quantitative estimate of drug-likeness (QED) is 0.772. The second-order valence-corrected chi connectivity index (χ2v) is 5.66. The van der Waals surface area contributed by atoms with Crippen LogP contribution < -0.4 is 10.2 Å². The molecule has 0 saturated carbocycles. The second kappa shape index (κ2) is 5.29. The highest BCUT2D eigenvalue weighted by molar-refractivity contribution is 5.85. The maximum Gasteiger partial charge on any atom is 0.160 e. The summed E-state index contributed by atoms with van der Waals surface area (Å²) in [6, 6.07) is 9.19. The molecule has 22 heavy (non-hydrogen) atoms. The van der Waals surface area contributed by atoms with Crippen LogP contribution in [-0.4, -0.2) is 39.3 Å². The molecule has 1 aliphatic heterocycles. The van der Waals surface area contributed by atoms with E-state index in [9.17, 15) is 0 Å². The van der Waals surface area contributed by atoms with Gasteiger partial charge < -0.3 is 10.2 Å². The Morgan fingerprint density at radius 3 is 3.18 bits per heavy atom. The largest absolute Gasteiger partial charge is 0.368 e. The van der Waals surface area contributed by atoms with Gasteiger partial charge >= 0.3 is 0 Å². The smallest absolute Gasteiger partial charge is 0.160 e. The lowest BCUT2D eigenvalue weighted by Gasteiger charge is -2.25. The first-order chi connectivity index (χ1) is 10.8. The molecule has 0 spiro atoms. The van der Waals surface area contributed by atoms with Crippen molar-refractivity contribution >= 4 is 22.5 Å². The summed E-state index contributed by atoms with van der Waals surface area (Å²) in [5.74, 6) is 0.832. The van der Waals surface area contributed by atoms with Crippen LogP contribution in [0.15, 0.2) is 36.8 Å². The van der Waals surface area contributed by atoms with Crippen LogP contribution >= 0.6 is 0 Å². The van der Waals surface area contributed by atoms with E-state index in [0.29, 0.717) is 6.04 Å². The van der Waals surface area contributed by atoms with Crippen LogP contribution in [-0.2, 0) is 6.42 Å². The van der Waals surface area contributed by atoms with E-state index in [4.69, 9.17) is 0 Å². The summed E-state index contributed by atoms with van der Waals surface area (Å²) in [4.78, 5) is 10.9. The van der Waals surface area contributed by atoms with Crippen molar-refractivity contribution in [3.8, 4) is 0 Å². The zero-order valence-electron chi connectivity index (χ0n) is 12.5. The van der Waals surface area contributed by atoms with E-state index in [2.05, 4.69) is 61.6 Å². The number of nitrogens with zero attached hydrogens (tertiary/aromatic N) is 4. The number of benzene rings is 1. The molecule has 1 aliphatic rings. The van der Waals surface area contributed by atoms with Crippen LogP contribution in [0, 0.1) is 0 Å². The molecule has 3 heterocycles. The number of hydrogen-bond donors (Lipinski definition) is 2. The average molecular weight is 294 g/mol. The maximum atomic E-state index is 4.31. The Hall–Kier alpha value is -2.63. The Morgan fingerprint density at radius 1 is 1.32 bits per heavy atom. The van der Waals surface area contributed by atoms with E-state index < -0.39 is 0 Å². The molecular formula is C16H18N6. The SMILES string of the molecule is CC1Cc2ccccc2N1CCNc1ncnc2[nH]ncc12. The first kappa shape index (κ1) is 13.1. The monoisotopic (exact) mass is 294 g/mol. The molecule has 6 heteroatoms. The van der Waals surface area contributed by atoms with Crippen LogP contribution in [0.4, 0.5) is 11.5 Å². The molecule has 2 aromatic heterocycles. The van der Waals surface area contributed by atoms with E-state index in [1.165, 1.54) is 11.3 Å². The Morgan fingerprint density at radius 2 is 2.23 bits per heavy atom. The molecule has 3 aromatic rings. The van der Waals surface area contributed by atoms with Gasteiger partial charge in [-0.15, -0.1) is 0 Å². The van der Waals surface area contributed by atoms with Gasteiger partial charge in [0.15, 0.2) is 5.65 Å². The summed E-state index contributed by atoms with van der Waals surface area (Å²) in [6.45, 7) is 4.05. The highest BCUT2D eigenvalue weighted by atomic mass is 15.2. The van der Waals surface area contributed by atoms with Crippen molar-refractivity contribution in [1.29, 1.82) is 0 Å². The Labute approximate surface area is 128 Å². The molecule has 0 amide bonds. The molecule has 0 bridgehead atoms. The number of aromatic amines is 1. The molecule has 0 fully saturated rings. The number of nitrogens with one attached hydrogen (secondary N) is 2. The van der Waals surface area contributed by atoms with Crippen molar-refractivity contribution in [1.82, 2.24) is 20.2 Å². The van der Waals surface area contributed by atoms with Gasteiger partial charge in [-0.05, 0) is 25.0 Å². The molecule has 1 atom stereocenters. The Bertz CT molecular complexity index is 796. The molecule has 0 saturated heterocycles. The third-order valence-corrected chi connectivity index (χ3v) is 4.24. The van der Waals surface area contributed by atoms with Gasteiger partial charge in [0.25, 0.3) is 0 Å². The van der Waals surface area contributed by atoms with Crippen molar-refractivity contribution in [3.63, 3.8) is 0 Å². The molecule has 1 aromatic carbocycles. The fourth-order valence-electron chi connectivity index (χ4n) is 3.17. The molecule has 1 unspecified atom stereocenters. The van der Waals surface area contributed by atoms with Gasteiger partial charge in [-0.2, -0.15) is 5.10 Å².